The summed E-state index contributed by atoms with van der Waals surface area (Å²) in [5.41, 5.74) is 2.10. The van der Waals surface area contributed by atoms with Crippen LogP contribution < -0.4 is 0 Å². The largest absolute Gasteiger partial charge is 0.508 e. The molecule has 0 amide bonds. The lowest BCUT2D eigenvalue weighted by Crippen LogP contribution is -2.18. The van der Waals surface area contributed by atoms with Crippen molar-refractivity contribution >= 4 is 0 Å². The molecule has 25 heavy (non-hydrogen) atoms. The fourth-order valence-electron chi connectivity index (χ4n) is 2.52. The van der Waals surface area contributed by atoms with Crippen molar-refractivity contribution in [1.29, 1.82) is 0 Å². The van der Waals surface area contributed by atoms with Crippen molar-refractivity contribution in [3.05, 3.63) is 77.9 Å². The number of phenols is 2. The summed E-state index contributed by atoms with van der Waals surface area (Å²) < 4.78 is 0. The van der Waals surface area contributed by atoms with E-state index in [4.69, 9.17) is 0 Å². The summed E-state index contributed by atoms with van der Waals surface area (Å²) in [5, 5.41) is 18.6. The Kier molecular flexibility index (Phi) is 5.86. The summed E-state index contributed by atoms with van der Waals surface area (Å²) in [6.07, 6.45) is 3.62. The van der Waals surface area contributed by atoms with Gasteiger partial charge in [-0.2, -0.15) is 0 Å². The molecule has 3 rings (SSSR count). The van der Waals surface area contributed by atoms with Crippen LogP contribution in [0.15, 0.2) is 60.9 Å². The van der Waals surface area contributed by atoms with E-state index < -0.39 is 0 Å². The quantitative estimate of drug-likeness (QED) is 0.632. The Balaban J connectivity index is 0.000000236. The van der Waals surface area contributed by atoms with E-state index in [0.29, 0.717) is 5.92 Å². The van der Waals surface area contributed by atoms with E-state index in [0.717, 1.165) is 17.0 Å². The van der Waals surface area contributed by atoms with Crippen LogP contribution in [0.25, 0.3) is 0 Å². The molecule has 0 unspecified atom stereocenters. The first-order chi connectivity index (χ1) is 11.8. The molecule has 0 spiro atoms. The van der Waals surface area contributed by atoms with Gasteiger partial charge in [-0.15, -0.1) is 0 Å². The maximum atomic E-state index is 9.30. The molecular formula is C21H26N2O2. The molecular weight excluding hydrogens is 312 g/mol. The molecule has 0 aliphatic rings. The van der Waals surface area contributed by atoms with Gasteiger partial charge in [0.25, 0.3) is 0 Å². The van der Waals surface area contributed by atoms with Crippen molar-refractivity contribution < 1.29 is 10.2 Å². The Labute approximate surface area is 149 Å². The number of aromatic nitrogens is 2. The SMILES string of the molecule is CC(C)(c1ccc(O)cc1)c1ccc(O)cc1.CC(C)c1ncc[nH]1. The van der Waals surface area contributed by atoms with Gasteiger partial charge in [-0.3, -0.25) is 0 Å². The zero-order chi connectivity index (χ0) is 18.4. The molecule has 0 fully saturated rings. The Morgan fingerprint density at radius 2 is 1.28 bits per heavy atom. The number of H-pyrrole nitrogens is 1. The lowest BCUT2D eigenvalue weighted by molar-refractivity contribution is 0.474. The van der Waals surface area contributed by atoms with Gasteiger partial charge in [0.15, 0.2) is 0 Å². The van der Waals surface area contributed by atoms with Crippen molar-refractivity contribution in [1.82, 2.24) is 9.97 Å². The standard InChI is InChI=1S/C15H16O2.C6H10N2/c1-15(2,11-3-7-13(16)8-4-11)12-5-9-14(17)10-6-12;1-5(2)6-7-3-4-8-6/h3-10,16-17H,1-2H3;3-5H,1-2H3,(H,7,8). The number of nitrogens with zero attached hydrogens (tertiary/aromatic N) is 1. The summed E-state index contributed by atoms with van der Waals surface area (Å²) in [6, 6.07) is 14.4. The van der Waals surface area contributed by atoms with Crippen LogP contribution in [0.4, 0.5) is 0 Å². The number of hydrogen-bond donors (Lipinski definition) is 3. The van der Waals surface area contributed by atoms with E-state index in [1.165, 1.54) is 0 Å². The van der Waals surface area contributed by atoms with E-state index >= 15 is 0 Å². The van der Waals surface area contributed by atoms with E-state index in [9.17, 15) is 10.2 Å². The fourth-order valence-corrected chi connectivity index (χ4v) is 2.52. The molecule has 0 radical (unpaired) electrons. The molecule has 3 N–H and O–H groups in total. The average molecular weight is 338 g/mol. The number of hydrogen-bond acceptors (Lipinski definition) is 3. The lowest BCUT2D eigenvalue weighted by atomic mass is 9.78. The molecule has 0 bridgehead atoms. The Morgan fingerprint density at radius 3 is 1.56 bits per heavy atom. The van der Waals surface area contributed by atoms with Crippen molar-refractivity contribution in [2.75, 3.05) is 0 Å². The molecule has 3 aromatic rings. The second-order valence-electron chi connectivity index (χ2n) is 6.85. The number of rotatable bonds is 3. The Bertz CT molecular complexity index is 711. The van der Waals surface area contributed by atoms with Crippen LogP contribution >= 0.6 is 0 Å². The van der Waals surface area contributed by atoms with Gasteiger partial charge in [-0.1, -0.05) is 52.0 Å². The summed E-state index contributed by atoms with van der Waals surface area (Å²) in [7, 11) is 0. The third kappa shape index (κ3) is 4.86. The molecule has 2 aromatic carbocycles. The third-order valence-corrected chi connectivity index (χ3v) is 4.24. The van der Waals surface area contributed by atoms with Crippen molar-refractivity contribution in [3.8, 4) is 11.5 Å². The topological polar surface area (TPSA) is 69.1 Å². The minimum Gasteiger partial charge on any atom is -0.508 e. The highest BCUT2D eigenvalue weighted by Gasteiger charge is 2.22. The van der Waals surface area contributed by atoms with Crippen LogP contribution in [-0.4, -0.2) is 20.2 Å². The molecule has 0 aliphatic heterocycles. The van der Waals surface area contributed by atoms with Crippen LogP contribution in [0.5, 0.6) is 11.5 Å². The number of phenolic OH excluding ortho intramolecular Hbond substituents is 2. The molecule has 0 saturated heterocycles. The first kappa shape index (κ1) is 18.6. The first-order valence-corrected chi connectivity index (χ1v) is 8.39. The van der Waals surface area contributed by atoms with Gasteiger partial charge in [0, 0.05) is 23.7 Å². The van der Waals surface area contributed by atoms with Crippen LogP contribution in [0, 0.1) is 0 Å². The number of benzene rings is 2. The van der Waals surface area contributed by atoms with E-state index in [2.05, 4.69) is 37.7 Å². The monoisotopic (exact) mass is 338 g/mol. The smallest absolute Gasteiger partial charge is 0.115 e. The highest BCUT2D eigenvalue weighted by molar-refractivity contribution is 5.41. The normalized spacial score (nSPS) is 11.1. The lowest BCUT2D eigenvalue weighted by Gasteiger charge is -2.26. The summed E-state index contributed by atoms with van der Waals surface area (Å²) in [5.74, 6) is 2.13. The van der Waals surface area contributed by atoms with Gasteiger partial charge >= 0.3 is 0 Å². The van der Waals surface area contributed by atoms with Crippen LogP contribution in [0.3, 0.4) is 0 Å². The van der Waals surface area contributed by atoms with Crippen LogP contribution in [0.2, 0.25) is 0 Å². The summed E-state index contributed by atoms with van der Waals surface area (Å²) in [6.45, 7) is 8.45. The molecule has 1 aromatic heterocycles. The van der Waals surface area contributed by atoms with Gasteiger partial charge in [0.1, 0.15) is 17.3 Å². The maximum absolute atomic E-state index is 9.30. The second kappa shape index (κ2) is 7.88. The molecule has 4 nitrogen and oxygen atoms in total. The summed E-state index contributed by atoms with van der Waals surface area (Å²) in [4.78, 5) is 7.09. The van der Waals surface area contributed by atoms with Gasteiger partial charge in [0.2, 0.25) is 0 Å². The van der Waals surface area contributed by atoms with Crippen molar-refractivity contribution in [2.24, 2.45) is 0 Å². The Morgan fingerprint density at radius 1 is 0.840 bits per heavy atom. The first-order valence-electron chi connectivity index (χ1n) is 8.39. The zero-order valence-corrected chi connectivity index (χ0v) is 15.2. The van der Waals surface area contributed by atoms with Gasteiger partial charge in [0.05, 0.1) is 0 Å². The van der Waals surface area contributed by atoms with Gasteiger partial charge in [-0.05, 0) is 35.4 Å². The zero-order valence-electron chi connectivity index (χ0n) is 15.2. The fraction of sp³-hybridized carbons (Fsp3) is 0.286. The number of aromatic hydroxyl groups is 2. The molecule has 1 heterocycles. The minimum absolute atomic E-state index is 0.151. The average Bonchev–Trinajstić information content (AvgIpc) is 3.11. The van der Waals surface area contributed by atoms with E-state index in [1.807, 2.05) is 30.5 Å². The molecule has 0 atom stereocenters. The molecule has 132 valence electrons. The Hall–Kier alpha value is -2.75. The van der Waals surface area contributed by atoms with Crippen molar-refractivity contribution in [2.45, 2.75) is 39.0 Å². The highest BCUT2D eigenvalue weighted by Crippen LogP contribution is 2.32. The van der Waals surface area contributed by atoms with E-state index in [-0.39, 0.29) is 16.9 Å². The molecule has 0 aliphatic carbocycles. The predicted molar refractivity (Wildman–Crippen MR) is 101 cm³/mol. The number of aromatic amines is 1. The number of imidazole rings is 1. The van der Waals surface area contributed by atoms with Gasteiger partial charge in [-0.25, -0.2) is 4.98 Å². The number of nitrogens with one attached hydrogen (secondary N) is 1. The minimum atomic E-state index is -0.151. The van der Waals surface area contributed by atoms with Crippen molar-refractivity contribution in [3.63, 3.8) is 0 Å². The third-order valence-electron chi connectivity index (χ3n) is 4.24. The second-order valence-corrected chi connectivity index (χ2v) is 6.85. The van der Waals surface area contributed by atoms with Crippen LogP contribution in [-0.2, 0) is 5.41 Å². The highest BCUT2D eigenvalue weighted by atomic mass is 16.3. The molecule has 0 saturated carbocycles. The molecule has 4 heteroatoms. The van der Waals surface area contributed by atoms with Crippen LogP contribution in [0.1, 0.15) is 50.6 Å². The summed E-state index contributed by atoms with van der Waals surface area (Å²) >= 11 is 0. The van der Waals surface area contributed by atoms with Gasteiger partial charge < -0.3 is 15.2 Å². The maximum Gasteiger partial charge on any atom is 0.115 e. The van der Waals surface area contributed by atoms with E-state index in [1.54, 1.807) is 30.5 Å². The predicted octanol–water partition coefficient (Wildman–Crippen LogP) is 4.96.